The number of carboxylic acid groups (broad SMARTS) is 1. The van der Waals surface area contributed by atoms with Gasteiger partial charge >= 0.3 is 5.97 Å². The van der Waals surface area contributed by atoms with Gasteiger partial charge in [0.1, 0.15) is 16.5 Å². The fourth-order valence-electron chi connectivity index (χ4n) is 1.43. The predicted molar refractivity (Wildman–Crippen MR) is 72.4 cm³/mol. The second-order valence-electron chi connectivity index (χ2n) is 3.68. The van der Waals surface area contributed by atoms with Crippen LogP contribution in [0.25, 0.3) is 10.2 Å². The second kappa shape index (κ2) is 5.42. The summed E-state index contributed by atoms with van der Waals surface area (Å²) in [5, 5.41) is 18.9. The van der Waals surface area contributed by atoms with Crippen molar-refractivity contribution in [1.29, 1.82) is 5.26 Å². The molecule has 0 aliphatic rings. The molecule has 2 aromatic heterocycles. The Hall–Kier alpha value is -1.85. The third-order valence-electron chi connectivity index (χ3n) is 2.39. The van der Waals surface area contributed by atoms with Gasteiger partial charge in [0.25, 0.3) is 5.56 Å². The SMILES string of the molecule is CC(Sc1nc2ccsc2c(=O)n1CC#N)C(=O)O. The molecule has 6 nitrogen and oxygen atoms in total. The summed E-state index contributed by atoms with van der Waals surface area (Å²) in [6, 6.07) is 3.59. The molecule has 98 valence electrons. The largest absolute Gasteiger partial charge is 0.480 e. The van der Waals surface area contributed by atoms with E-state index in [-0.39, 0.29) is 17.3 Å². The molecule has 0 aromatic carbocycles. The van der Waals surface area contributed by atoms with Gasteiger partial charge in [-0.25, -0.2) is 4.98 Å². The monoisotopic (exact) mass is 295 g/mol. The lowest BCUT2D eigenvalue weighted by Crippen LogP contribution is -2.23. The van der Waals surface area contributed by atoms with Gasteiger partial charge in [0.05, 0.1) is 11.6 Å². The van der Waals surface area contributed by atoms with Crippen molar-refractivity contribution in [3.63, 3.8) is 0 Å². The second-order valence-corrected chi connectivity index (χ2v) is 5.90. The number of carboxylic acids is 1. The fourth-order valence-corrected chi connectivity index (χ4v) is 3.05. The minimum Gasteiger partial charge on any atom is -0.480 e. The summed E-state index contributed by atoms with van der Waals surface area (Å²) in [7, 11) is 0. The number of nitriles is 1. The summed E-state index contributed by atoms with van der Waals surface area (Å²) in [6.07, 6.45) is 0. The van der Waals surface area contributed by atoms with Crippen LogP contribution in [0, 0.1) is 11.3 Å². The van der Waals surface area contributed by atoms with Crippen molar-refractivity contribution in [2.24, 2.45) is 0 Å². The minimum atomic E-state index is -0.992. The summed E-state index contributed by atoms with van der Waals surface area (Å²) < 4.78 is 1.69. The quantitative estimate of drug-likeness (QED) is 0.679. The number of hydrogen-bond acceptors (Lipinski definition) is 6. The highest BCUT2D eigenvalue weighted by Crippen LogP contribution is 2.24. The molecule has 0 fully saturated rings. The molecule has 1 unspecified atom stereocenters. The number of aromatic nitrogens is 2. The Morgan fingerprint density at radius 3 is 3.11 bits per heavy atom. The van der Waals surface area contributed by atoms with Gasteiger partial charge in [-0.3, -0.25) is 14.2 Å². The molecular weight excluding hydrogens is 286 g/mol. The Balaban J connectivity index is 2.57. The third kappa shape index (κ3) is 2.62. The zero-order valence-corrected chi connectivity index (χ0v) is 11.5. The van der Waals surface area contributed by atoms with Crippen molar-refractivity contribution in [1.82, 2.24) is 9.55 Å². The first-order valence-corrected chi connectivity index (χ1v) is 7.05. The molecular formula is C11H9N3O3S2. The van der Waals surface area contributed by atoms with E-state index in [0.29, 0.717) is 10.2 Å². The number of nitrogens with zero attached hydrogens (tertiary/aromatic N) is 3. The van der Waals surface area contributed by atoms with E-state index in [4.69, 9.17) is 10.4 Å². The topological polar surface area (TPSA) is 96.0 Å². The van der Waals surface area contributed by atoms with Crippen LogP contribution in [0.3, 0.4) is 0 Å². The predicted octanol–water partition coefficient (Wildman–Crippen LogP) is 1.55. The van der Waals surface area contributed by atoms with Crippen molar-refractivity contribution < 1.29 is 9.90 Å². The van der Waals surface area contributed by atoms with E-state index in [9.17, 15) is 9.59 Å². The molecule has 0 radical (unpaired) electrons. The standard InChI is InChI=1S/C11H9N3O3S2/c1-6(10(16)17)19-11-13-7-2-5-18-8(7)9(15)14(11)4-3-12/h2,5-6H,4H2,1H3,(H,16,17). The molecule has 2 aromatic rings. The Kier molecular flexibility index (Phi) is 3.87. The Bertz CT molecular complexity index is 729. The van der Waals surface area contributed by atoms with Crippen LogP contribution in [0.1, 0.15) is 6.92 Å². The van der Waals surface area contributed by atoms with Gasteiger partial charge < -0.3 is 5.11 Å². The summed E-state index contributed by atoms with van der Waals surface area (Å²) in [4.78, 5) is 27.3. The molecule has 19 heavy (non-hydrogen) atoms. The van der Waals surface area contributed by atoms with E-state index >= 15 is 0 Å². The number of carbonyl (C=O) groups is 1. The Morgan fingerprint density at radius 1 is 1.74 bits per heavy atom. The Labute approximate surface area is 116 Å². The van der Waals surface area contributed by atoms with Crippen molar-refractivity contribution in [2.75, 3.05) is 0 Å². The van der Waals surface area contributed by atoms with Crippen molar-refractivity contribution in [3.05, 3.63) is 21.8 Å². The average Bonchev–Trinajstić information content (AvgIpc) is 2.82. The maximum Gasteiger partial charge on any atom is 0.316 e. The molecule has 0 spiro atoms. The summed E-state index contributed by atoms with van der Waals surface area (Å²) >= 11 is 2.21. The molecule has 0 saturated heterocycles. The first kappa shape index (κ1) is 13.6. The summed E-state index contributed by atoms with van der Waals surface area (Å²) in [5.41, 5.74) is 0.228. The number of thiophene rings is 1. The van der Waals surface area contributed by atoms with Crippen LogP contribution < -0.4 is 5.56 Å². The van der Waals surface area contributed by atoms with Crippen LogP contribution in [0.15, 0.2) is 21.4 Å². The van der Waals surface area contributed by atoms with Gasteiger partial charge in [0.15, 0.2) is 5.16 Å². The zero-order chi connectivity index (χ0) is 14.0. The van der Waals surface area contributed by atoms with E-state index in [1.54, 1.807) is 11.4 Å². The molecule has 1 N–H and O–H groups in total. The summed E-state index contributed by atoms with van der Waals surface area (Å²) in [6.45, 7) is 1.36. The minimum absolute atomic E-state index is 0.144. The molecule has 0 aliphatic heterocycles. The van der Waals surface area contributed by atoms with Crippen molar-refractivity contribution in [2.45, 2.75) is 23.9 Å². The molecule has 8 heteroatoms. The molecule has 0 saturated carbocycles. The zero-order valence-electron chi connectivity index (χ0n) is 9.86. The smallest absolute Gasteiger partial charge is 0.316 e. The van der Waals surface area contributed by atoms with Crippen LogP contribution in [-0.2, 0) is 11.3 Å². The molecule has 2 heterocycles. The van der Waals surface area contributed by atoms with Crippen LogP contribution in [0.5, 0.6) is 0 Å². The third-order valence-corrected chi connectivity index (χ3v) is 4.36. The highest BCUT2D eigenvalue weighted by molar-refractivity contribution is 8.00. The highest BCUT2D eigenvalue weighted by atomic mass is 32.2. The van der Waals surface area contributed by atoms with Gasteiger partial charge in [-0.05, 0) is 18.4 Å². The number of fused-ring (bicyclic) bond motifs is 1. The number of hydrogen-bond donors (Lipinski definition) is 1. The van der Waals surface area contributed by atoms with Gasteiger partial charge in [-0.15, -0.1) is 11.3 Å². The van der Waals surface area contributed by atoms with Crippen molar-refractivity contribution in [3.8, 4) is 6.07 Å². The van der Waals surface area contributed by atoms with E-state index in [1.165, 1.54) is 22.8 Å². The Morgan fingerprint density at radius 2 is 2.47 bits per heavy atom. The lowest BCUT2D eigenvalue weighted by Gasteiger charge is -2.10. The van der Waals surface area contributed by atoms with E-state index in [1.807, 2.05) is 6.07 Å². The van der Waals surface area contributed by atoms with Crippen molar-refractivity contribution >= 4 is 39.3 Å². The first-order chi connectivity index (χ1) is 9.04. The highest BCUT2D eigenvalue weighted by Gasteiger charge is 2.18. The van der Waals surface area contributed by atoms with Crippen LogP contribution in [0.4, 0.5) is 0 Å². The van der Waals surface area contributed by atoms with E-state index < -0.39 is 11.2 Å². The van der Waals surface area contributed by atoms with E-state index in [2.05, 4.69) is 4.98 Å². The summed E-state index contributed by atoms with van der Waals surface area (Å²) in [5.74, 6) is -0.992. The van der Waals surface area contributed by atoms with Crippen LogP contribution >= 0.6 is 23.1 Å². The number of aliphatic carboxylic acids is 1. The maximum absolute atomic E-state index is 12.2. The molecule has 0 bridgehead atoms. The maximum atomic E-state index is 12.2. The number of rotatable bonds is 4. The van der Waals surface area contributed by atoms with E-state index in [0.717, 1.165) is 11.8 Å². The van der Waals surface area contributed by atoms with Crippen LogP contribution in [0.2, 0.25) is 0 Å². The van der Waals surface area contributed by atoms with Gasteiger partial charge in [-0.2, -0.15) is 5.26 Å². The van der Waals surface area contributed by atoms with Gasteiger partial charge in [0, 0.05) is 0 Å². The van der Waals surface area contributed by atoms with Gasteiger partial charge in [-0.1, -0.05) is 11.8 Å². The van der Waals surface area contributed by atoms with Gasteiger partial charge in [0.2, 0.25) is 0 Å². The number of thioether (sulfide) groups is 1. The molecule has 2 rings (SSSR count). The van der Waals surface area contributed by atoms with Crippen LogP contribution in [-0.4, -0.2) is 25.9 Å². The lowest BCUT2D eigenvalue weighted by molar-refractivity contribution is -0.136. The average molecular weight is 295 g/mol. The molecule has 1 atom stereocenters. The fraction of sp³-hybridized carbons (Fsp3) is 0.273. The molecule has 0 amide bonds. The normalized spacial score (nSPS) is 12.2. The lowest BCUT2D eigenvalue weighted by atomic mass is 10.4. The molecule has 0 aliphatic carbocycles. The first-order valence-electron chi connectivity index (χ1n) is 5.29.